The summed E-state index contributed by atoms with van der Waals surface area (Å²) in [6.07, 6.45) is 8.91. The molecule has 1 aliphatic carbocycles. The molecule has 3 unspecified atom stereocenters. The molecule has 3 nitrogen and oxygen atoms in total. The van der Waals surface area contributed by atoms with E-state index in [1.165, 1.54) is 39.3 Å². The molecule has 3 aromatic heterocycles. The lowest BCUT2D eigenvalue weighted by Crippen LogP contribution is -2.50. The Balaban J connectivity index is 1.41. The molecule has 0 saturated carbocycles. The standard InChI is InChI=1S/C32H23N3/c1-2-10-23-22(9-1)26-20-30(34-18-15-21(19-29(23)34)27-13-5-7-16-33-27)31-25-12-4-3-11-24(25)28-14-6-8-17-35(28)32(26)31/h1-20,26,31-32H/q+2. The average Bonchev–Trinajstić information content (AvgIpc) is 3.27. The summed E-state index contributed by atoms with van der Waals surface area (Å²) in [5.74, 6) is 0.581. The summed E-state index contributed by atoms with van der Waals surface area (Å²) >= 11 is 0. The van der Waals surface area contributed by atoms with E-state index in [9.17, 15) is 0 Å². The van der Waals surface area contributed by atoms with Crippen LogP contribution >= 0.6 is 0 Å². The summed E-state index contributed by atoms with van der Waals surface area (Å²) in [7, 11) is 0. The van der Waals surface area contributed by atoms with Crippen molar-refractivity contribution >= 4 is 5.70 Å². The topological polar surface area (TPSA) is 20.6 Å². The van der Waals surface area contributed by atoms with E-state index in [0.717, 1.165) is 11.3 Å². The molecule has 3 aliphatic rings. The van der Waals surface area contributed by atoms with Gasteiger partial charge in [0.2, 0.25) is 11.4 Å². The average molecular weight is 450 g/mol. The minimum atomic E-state index is 0.286. The fourth-order valence-corrected chi connectivity index (χ4v) is 6.54. The first-order chi connectivity index (χ1) is 17.4. The van der Waals surface area contributed by atoms with Gasteiger partial charge in [-0.15, -0.1) is 0 Å². The summed E-state index contributed by atoms with van der Waals surface area (Å²) in [5.41, 5.74) is 11.5. The molecule has 164 valence electrons. The van der Waals surface area contributed by atoms with Crippen molar-refractivity contribution in [3.8, 4) is 33.8 Å². The van der Waals surface area contributed by atoms with E-state index in [4.69, 9.17) is 0 Å². The Morgan fingerprint density at radius 1 is 0.657 bits per heavy atom. The van der Waals surface area contributed by atoms with Crippen molar-refractivity contribution in [1.29, 1.82) is 0 Å². The second-order valence-corrected chi connectivity index (χ2v) is 9.64. The fraction of sp³-hybridized carbons (Fsp3) is 0.0938. The maximum Gasteiger partial charge on any atom is 0.219 e. The molecular weight excluding hydrogens is 426 g/mol. The number of nitrogens with zero attached hydrogens (tertiary/aromatic N) is 3. The van der Waals surface area contributed by atoms with Gasteiger partial charge in [0.15, 0.2) is 24.1 Å². The molecular formula is C32H23N3+2. The minimum absolute atomic E-state index is 0.286. The quantitative estimate of drug-likeness (QED) is 0.290. The van der Waals surface area contributed by atoms with E-state index >= 15 is 0 Å². The summed E-state index contributed by atoms with van der Waals surface area (Å²) in [5, 5.41) is 0. The van der Waals surface area contributed by atoms with Gasteiger partial charge in [0.1, 0.15) is 5.92 Å². The highest BCUT2D eigenvalue weighted by molar-refractivity contribution is 5.76. The smallest absolute Gasteiger partial charge is 0.219 e. The minimum Gasteiger partial charge on any atom is -0.256 e. The molecule has 8 rings (SSSR count). The van der Waals surface area contributed by atoms with Gasteiger partial charge in [0, 0.05) is 36.0 Å². The number of aromatic nitrogens is 3. The van der Waals surface area contributed by atoms with Crippen LogP contribution < -0.4 is 9.13 Å². The van der Waals surface area contributed by atoms with E-state index in [-0.39, 0.29) is 5.92 Å². The number of rotatable bonds is 1. The van der Waals surface area contributed by atoms with Crippen LogP contribution in [0.25, 0.3) is 39.5 Å². The molecule has 0 saturated heterocycles. The van der Waals surface area contributed by atoms with Gasteiger partial charge in [-0.25, -0.2) is 0 Å². The van der Waals surface area contributed by atoms with E-state index in [1.807, 2.05) is 12.3 Å². The lowest BCUT2D eigenvalue weighted by atomic mass is 9.77. The van der Waals surface area contributed by atoms with Crippen molar-refractivity contribution in [1.82, 2.24) is 4.98 Å². The SMILES string of the molecule is C1=C2C3c4ccccc4-c4cccc[n+]4C3C1c1ccccc1-c1cc(-c3ccccn3)cc[n+]12. The number of hydrogen-bond donors (Lipinski definition) is 0. The fourth-order valence-electron chi connectivity index (χ4n) is 6.54. The predicted octanol–water partition coefficient (Wildman–Crippen LogP) is 5.95. The molecule has 0 amide bonds. The molecule has 2 bridgehead atoms. The summed E-state index contributed by atoms with van der Waals surface area (Å²) < 4.78 is 4.95. The summed E-state index contributed by atoms with van der Waals surface area (Å²) in [4.78, 5) is 4.62. The first-order valence-electron chi connectivity index (χ1n) is 12.3. The van der Waals surface area contributed by atoms with Gasteiger partial charge in [0.05, 0.1) is 22.7 Å². The van der Waals surface area contributed by atoms with Gasteiger partial charge in [-0.3, -0.25) is 4.98 Å². The van der Waals surface area contributed by atoms with E-state index in [2.05, 4.69) is 124 Å². The highest BCUT2D eigenvalue weighted by Crippen LogP contribution is 2.55. The third kappa shape index (κ3) is 2.58. The van der Waals surface area contributed by atoms with Gasteiger partial charge in [0.25, 0.3) is 0 Å². The van der Waals surface area contributed by atoms with Gasteiger partial charge in [-0.05, 0) is 47.5 Å². The van der Waals surface area contributed by atoms with E-state index < -0.39 is 0 Å². The van der Waals surface area contributed by atoms with Crippen LogP contribution in [0.4, 0.5) is 0 Å². The molecule has 5 heterocycles. The van der Waals surface area contributed by atoms with Crippen molar-refractivity contribution in [3.63, 3.8) is 0 Å². The zero-order chi connectivity index (χ0) is 22.9. The monoisotopic (exact) mass is 449 g/mol. The molecule has 0 spiro atoms. The van der Waals surface area contributed by atoms with E-state index in [1.54, 1.807) is 0 Å². The Bertz CT molecular complexity index is 1670. The summed E-state index contributed by atoms with van der Waals surface area (Å²) in [6.45, 7) is 0. The lowest BCUT2D eigenvalue weighted by molar-refractivity contribution is -0.719. The van der Waals surface area contributed by atoms with Crippen LogP contribution in [0.2, 0.25) is 0 Å². The molecule has 5 aromatic rings. The van der Waals surface area contributed by atoms with E-state index in [0.29, 0.717) is 12.0 Å². The van der Waals surface area contributed by atoms with Gasteiger partial charge >= 0.3 is 0 Å². The molecule has 0 N–H and O–H groups in total. The maximum absolute atomic E-state index is 4.62. The first kappa shape index (κ1) is 19.0. The van der Waals surface area contributed by atoms with Crippen molar-refractivity contribution in [2.45, 2.75) is 17.9 Å². The second-order valence-electron chi connectivity index (χ2n) is 9.64. The Kier molecular flexibility index (Phi) is 3.83. The molecule has 0 radical (unpaired) electrons. The Morgan fingerprint density at radius 2 is 1.43 bits per heavy atom. The second kappa shape index (κ2) is 7.07. The van der Waals surface area contributed by atoms with Crippen LogP contribution in [0.5, 0.6) is 0 Å². The van der Waals surface area contributed by atoms with Crippen LogP contribution in [-0.4, -0.2) is 4.98 Å². The Hall–Kier alpha value is -4.37. The third-order valence-corrected chi connectivity index (χ3v) is 7.95. The van der Waals surface area contributed by atoms with Crippen LogP contribution in [-0.2, 0) is 0 Å². The molecule has 35 heavy (non-hydrogen) atoms. The highest BCUT2D eigenvalue weighted by atomic mass is 15.1. The summed E-state index contributed by atoms with van der Waals surface area (Å²) in [6, 6.07) is 35.4. The predicted molar refractivity (Wildman–Crippen MR) is 136 cm³/mol. The number of benzene rings is 2. The van der Waals surface area contributed by atoms with Gasteiger partial charge in [-0.2, -0.15) is 9.13 Å². The lowest BCUT2D eigenvalue weighted by Gasteiger charge is -2.30. The zero-order valence-corrected chi connectivity index (χ0v) is 19.1. The van der Waals surface area contributed by atoms with Crippen LogP contribution in [0.15, 0.2) is 122 Å². The molecule has 2 aliphatic heterocycles. The Labute approximate surface area is 204 Å². The Morgan fingerprint density at radius 3 is 2.29 bits per heavy atom. The first-order valence-corrected chi connectivity index (χ1v) is 12.3. The zero-order valence-electron chi connectivity index (χ0n) is 19.1. The van der Waals surface area contributed by atoms with Crippen molar-refractivity contribution in [2.24, 2.45) is 0 Å². The van der Waals surface area contributed by atoms with Crippen molar-refractivity contribution < 1.29 is 9.13 Å². The van der Waals surface area contributed by atoms with Crippen LogP contribution in [0.3, 0.4) is 0 Å². The van der Waals surface area contributed by atoms with Gasteiger partial charge in [-0.1, -0.05) is 42.5 Å². The number of hydrogen-bond acceptors (Lipinski definition) is 1. The van der Waals surface area contributed by atoms with Crippen molar-refractivity contribution in [3.05, 3.63) is 133 Å². The highest BCUT2D eigenvalue weighted by Gasteiger charge is 2.56. The third-order valence-electron chi connectivity index (χ3n) is 7.95. The molecule has 2 aromatic carbocycles. The number of pyridine rings is 3. The molecule has 0 fully saturated rings. The molecule has 3 heteroatoms. The van der Waals surface area contributed by atoms with Gasteiger partial charge < -0.3 is 0 Å². The molecule has 3 atom stereocenters. The largest absolute Gasteiger partial charge is 0.256 e. The van der Waals surface area contributed by atoms with Crippen LogP contribution in [0, 0.1) is 0 Å². The number of allylic oxidation sites excluding steroid dienone is 2. The van der Waals surface area contributed by atoms with Crippen LogP contribution in [0.1, 0.15) is 29.0 Å². The normalized spacial score (nSPS) is 20.5. The maximum atomic E-state index is 4.62. The van der Waals surface area contributed by atoms with Crippen molar-refractivity contribution in [2.75, 3.05) is 0 Å². The number of fused-ring (bicyclic) bond motifs is 8.